The van der Waals surface area contributed by atoms with E-state index in [0.29, 0.717) is 0 Å². The summed E-state index contributed by atoms with van der Waals surface area (Å²) in [5.74, 6) is 0. The van der Waals surface area contributed by atoms with Crippen molar-refractivity contribution in [3.05, 3.63) is 18.0 Å². The fourth-order valence-electron chi connectivity index (χ4n) is 2.46. The summed E-state index contributed by atoms with van der Waals surface area (Å²) in [7, 11) is 1.98. The second kappa shape index (κ2) is 4.35. The van der Waals surface area contributed by atoms with E-state index in [9.17, 15) is 0 Å². The van der Waals surface area contributed by atoms with Gasteiger partial charge in [-0.25, -0.2) is 0 Å². The zero-order valence-corrected chi connectivity index (χ0v) is 9.79. The Bertz CT molecular complexity index is 308. The molecule has 1 aromatic rings. The van der Waals surface area contributed by atoms with Crippen LogP contribution in [0.25, 0.3) is 0 Å². The molecule has 0 amide bonds. The summed E-state index contributed by atoms with van der Waals surface area (Å²) in [5.41, 5.74) is 1.62. The van der Waals surface area contributed by atoms with Gasteiger partial charge < -0.3 is 5.32 Å². The van der Waals surface area contributed by atoms with Gasteiger partial charge in [0.2, 0.25) is 0 Å². The number of hydrogen-bond acceptors (Lipinski definition) is 2. The van der Waals surface area contributed by atoms with Crippen molar-refractivity contribution in [2.75, 3.05) is 6.54 Å². The molecule has 1 saturated heterocycles. The van der Waals surface area contributed by atoms with Gasteiger partial charge in [-0.3, -0.25) is 4.68 Å². The second-order valence-electron chi connectivity index (χ2n) is 5.00. The minimum absolute atomic E-state index is 0.277. The van der Waals surface area contributed by atoms with Crippen LogP contribution in [0.2, 0.25) is 0 Å². The van der Waals surface area contributed by atoms with E-state index in [1.54, 1.807) is 0 Å². The molecule has 1 aromatic heterocycles. The van der Waals surface area contributed by atoms with Gasteiger partial charge in [0.1, 0.15) is 0 Å². The molecule has 1 aliphatic heterocycles. The van der Waals surface area contributed by atoms with E-state index in [-0.39, 0.29) is 5.54 Å². The highest BCUT2D eigenvalue weighted by molar-refractivity contribution is 5.09. The van der Waals surface area contributed by atoms with Gasteiger partial charge in [0, 0.05) is 18.8 Å². The van der Waals surface area contributed by atoms with E-state index < -0.39 is 0 Å². The highest BCUT2D eigenvalue weighted by atomic mass is 15.2. The molecule has 3 nitrogen and oxygen atoms in total. The van der Waals surface area contributed by atoms with Crippen LogP contribution in [0.1, 0.15) is 38.2 Å². The lowest BCUT2D eigenvalue weighted by atomic mass is 9.90. The Morgan fingerprint density at radius 3 is 3.07 bits per heavy atom. The smallest absolute Gasteiger partial charge is 0.0522 e. The average Bonchev–Trinajstić information content (AvgIpc) is 2.46. The van der Waals surface area contributed by atoms with Crippen molar-refractivity contribution in [2.24, 2.45) is 7.05 Å². The number of nitrogens with one attached hydrogen (secondary N) is 1. The first kappa shape index (κ1) is 10.7. The van der Waals surface area contributed by atoms with E-state index in [4.69, 9.17) is 0 Å². The molecular weight excluding hydrogens is 186 g/mol. The first-order valence-corrected chi connectivity index (χ1v) is 5.91. The summed E-state index contributed by atoms with van der Waals surface area (Å²) in [6, 6.07) is 0. The molecule has 0 aromatic carbocycles. The van der Waals surface area contributed by atoms with Gasteiger partial charge in [-0.1, -0.05) is 12.8 Å². The van der Waals surface area contributed by atoms with Crippen molar-refractivity contribution in [1.29, 1.82) is 0 Å². The lowest BCUT2D eigenvalue weighted by Gasteiger charge is -2.28. The molecule has 0 saturated carbocycles. The van der Waals surface area contributed by atoms with Crippen molar-refractivity contribution in [1.82, 2.24) is 15.1 Å². The van der Waals surface area contributed by atoms with Crippen LogP contribution in [-0.2, 0) is 13.5 Å². The van der Waals surface area contributed by atoms with Crippen molar-refractivity contribution in [3.63, 3.8) is 0 Å². The molecule has 0 radical (unpaired) electrons. The molecule has 0 aliphatic carbocycles. The highest BCUT2D eigenvalue weighted by Gasteiger charge is 2.25. The van der Waals surface area contributed by atoms with Crippen LogP contribution in [0.15, 0.2) is 12.4 Å². The predicted molar refractivity (Wildman–Crippen MR) is 61.8 cm³/mol. The topological polar surface area (TPSA) is 29.9 Å². The van der Waals surface area contributed by atoms with E-state index in [1.165, 1.54) is 31.2 Å². The van der Waals surface area contributed by atoms with Crippen molar-refractivity contribution >= 4 is 0 Å². The van der Waals surface area contributed by atoms with Crippen LogP contribution in [0.4, 0.5) is 0 Å². The third-order valence-electron chi connectivity index (χ3n) is 3.31. The number of aromatic nitrogens is 2. The molecule has 1 fully saturated rings. The summed E-state index contributed by atoms with van der Waals surface area (Å²) in [6.07, 6.45) is 10.5. The zero-order chi connectivity index (χ0) is 10.7. The highest BCUT2D eigenvalue weighted by Crippen LogP contribution is 2.22. The third-order valence-corrected chi connectivity index (χ3v) is 3.31. The fraction of sp³-hybridized carbons (Fsp3) is 0.750. The Kier molecular flexibility index (Phi) is 3.10. The molecule has 0 bridgehead atoms. The Labute approximate surface area is 91.9 Å². The number of hydrogen-bond donors (Lipinski definition) is 1. The first-order chi connectivity index (χ1) is 7.18. The minimum Gasteiger partial charge on any atom is -0.311 e. The predicted octanol–water partition coefficient (Wildman–Crippen LogP) is 1.88. The fourth-order valence-corrected chi connectivity index (χ4v) is 2.46. The number of rotatable bonds is 2. The molecule has 1 atom stereocenters. The summed E-state index contributed by atoms with van der Waals surface area (Å²) >= 11 is 0. The maximum atomic E-state index is 4.23. The molecule has 84 valence electrons. The van der Waals surface area contributed by atoms with Crippen molar-refractivity contribution in [3.8, 4) is 0 Å². The second-order valence-corrected chi connectivity index (χ2v) is 5.00. The van der Waals surface area contributed by atoms with Crippen LogP contribution in [0.3, 0.4) is 0 Å². The maximum absolute atomic E-state index is 4.23. The third kappa shape index (κ3) is 2.81. The Morgan fingerprint density at radius 2 is 2.33 bits per heavy atom. The SMILES string of the molecule is Cn1cc(CC2(C)CCCCCN2)cn1. The van der Waals surface area contributed by atoms with Gasteiger partial charge in [-0.2, -0.15) is 5.10 Å². The normalized spacial score (nSPS) is 27.6. The van der Waals surface area contributed by atoms with Gasteiger partial charge in [0.15, 0.2) is 0 Å². The minimum atomic E-state index is 0.277. The molecule has 2 rings (SSSR count). The lowest BCUT2D eigenvalue weighted by molar-refractivity contribution is 0.345. The van der Waals surface area contributed by atoms with Crippen LogP contribution < -0.4 is 5.32 Å². The molecule has 1 N–H and O–H groups in total. The molecular formula is C12H21N3. The van der Waals surface area contributed by atoms with Crippen LogP contribution in [-0.4, -0.2) is 21.9 Å². The maximum Gasteiger partial charge on any atom is 0.0522 e. The van der Waals surface area contributed by atoms with Crippen LogP contribution in [0, 0.1) is 0 Å². The summed E-state index contributed by atoms with van der Waals surface area (Å²) in [5, 5.41) is 7.90. The molecule has 2 heterocycles. The molecule has 15 heavy (non-hydrogen) atoms. The van der Waals surface area contributed by atoms with E-state index >= 15 is 0 Å². The first-order valence-electron chi connectivity index (χ1n) is 5.91. The summed E-state index contributed by atoms with van der Waals surface area (Å²) < 4.78 is 1.88. The Hall–Kier alpha value is -0.830. The molecule has 1 aliphatic rings. The van der Waals surface area contributed by atoms with Crippen molar-refractivity contribution < 1.29 is 0 Å². The van der Waals surface area contributed by atoms with E-state index in [0.717, 1.165) is 13.0 Å². The van der Waals surface area contributed by atoms with Crippen LogP contribution >= 0.6 is 0 Å². The monoisotopic (exact) mass is 207 g/mol. The van der Waals surface area contributed by atoms with Gasteiger partial charge in [-0.05, 0) is 38.3 Å². The van der Waals surface area contributed by atoms with E-state index in [1.807, 2.05) is 17.9 Å². The standard InChI is InChI=1S/C12H21N3/c1-12(6-4-3-5-7-13-12)8-11-9-14-15(2)10-11/h9-10,13H,3-8H2,1-2H3. The molecule has 1 unspecified atom stereocenters. The van der Waals surface area contributed by atoms with Gasteiger partial charge in [0.05, 0.1) is 6.20 Å². The van der Waals surface area contributed by atoms with Crippen molar-refractivity contribution in [2.45, 2.75) is 44.6 Å². The molecule has 3 heteroatoms. The number of aryl methyl sites for hydroxylation is 1. The average molecular weight is 207 g/mol. The Balaban J connectivity index is 2.02. The largest absolute Gasteiger partial charge is 0.311 e. The van der Waals surface area contributed by atoms with E-state index in [2.05, 4.69) is 23.5 Å². The quantitative estimate of drug-likeness (QED) is 0.802. The van der Waals surface area contributed by atoms with Gasteiger partial charge in [-0.15, -0.1) is 0 Å². The summed E-state index contributed by atoms with van der Waals surface area (Å²) in [6.45, 7) is 3.50. The lowest BCUT2D eigenvalue weighted by Crippen LogP contribution is -2.43. The van der Waals surface area contributed by atoms with Gasteiger partial charge in [0.25, 0.3) is 0 Å². The summed E-state index contributed by atoms with van der Waals surface area (Å²) in [4.78, 5) is 0. The number of nitrogens with zero attached hydrogens (tertiary/aromatic N) is 2. The zero-order valence-electron chi connectivity index (χ0n) is 9.79. The van der Waals surface area contributed by atoms with Gasteiger partial charge >= 0.3 is 0 Å². The Morgan fingerprint density at radius 1 is 1.47 bits per heavy atom. The van der Waals surface area contributed by atoms with Crippen LogP contribution in [0.5, 0.6) is 0 Å². The molecule has 0 spiro atoms.